The van der Waals surface area contributed by atoms with E-state index in [-0.39, 0.29) is 29.7 Å². The van der Waals surface area contributed by atoms with E-state index in [0.717, 1.165) is 11.1 Å². The molecule has 3 N–H and O–H groups in total. The monoisotopic (exact) mass is 415 g/mol. The minimum absolute atomic E-state index is 0.0528. The molecule has 2 amide bonds. The van der Waals surface area contributed by atoms with Gasteiger partial charge in [-0.25, -0.2) is 13.1 Å². The smallest absolute Gasteiger partial charge is 0.240 e. The SMILES string of the molecule is O=C(CCCNS(=O)(=O)c1ccc2c(c1)CCCC(=O)N2)NCc1ccccc1. The molecule has 1 aliphatic heterocycles. The van der Waals surface area contributed by atoms with Crippen molar-refractivity contribution in [2.75, 3.05) is 11.9 Å². The Balaban J connectivity index is 1.47. The maximum atomic E-state index is 12.5. The van der Waals surface area contributed by atoms with Crippen LogP contribution in [0.1, 0.15) is 36.8 Å². The van der Waals surface area contributed by atoms with Gasteiger partial charge in [0, 0.05) is 31.6 Å². The van der Waals surface area contributed by atoms with Crippen molar-refractivity contribution in [1.29, 1.82) is 0 Å². The maximum Gasteiger partial charge on any atom is 0.240 e. The van der Waals surface area contributed by atoms with Gasteiger partial charge in [-0.2, -0.15) is 0 Å². The molecule has 0 unspecified atom stereocenters. The summed E-state index contributed by atoms with van der Waals surface area (Å²) in [6.45, 7) is 0.631. The number of benzene rings is 2. The third-order valence-electron chi connectivity index (χ3n) is 4.72. The number of sulfonamides is 1. The fraction of sp³-hybridized carbons (Fsp3) is 0.333. The summed E-state index contributed by atoms with van der Waals surface area (Å²) < 4.78 is 27.6. The predicted octanol–water partition coefficient (Wildman–Crippen LogP) is 2.34. The predicted molar refractivity (Wildman–Crippen MR) is 111 cm³/mol. The van der Waals surface area contributed by atoms with E-state index in [9.17, 15) is 18.0 Å². The van der Waals surface area contributed by atoms with Crippen LogP contribution in [0.15, 0.2) is 53.4 Å². The Kier molecular flexibility index (Phi) is 7.00. The lowest BCUT2D eigenvalue weighted by atomic mass is 10.1. The molecule has 0 spiro atoms. The maximum absolute atomic E-state index is 12.5. The lowest BCUT2D eigenvalue weighted by molar-refractivity contribution is -0.121. The number of anilines is 1. The van der Waals surface area contributed by atoms with Crippen LogP contribution in [-0.2, 0) is 32.6 Å². The van der Waals surface area contributed by atoms with E-state index in [1.807, 2.05) is 30.3 Å². The highest BCUT2D eigenvalue weighted by Crippen LogP contribution is 2.25. The van der Waals surface area contributed by atoms with Crippen molar-refractivity contribution < 1.29 is 18.0 Å². The van der Waals surface area contributed by atoms with Crippen LogP contribution < -0.4 is 15.4 Å². The molecule has 1 aliphatic rings. The molecular weight excluding hydrogens is 390 g/mol. The molecule has 2 aromatic carbocycles. The number of nitrogens with one attached hydrogen (secondary N) is 3. The molecular formula is C21H25N3O4S. The summed E-state index contributed by atoms with van der Waals surface area (Å²) in [7, 11) is -3.67. The molecule has 0 saturated carbocycles. The highest BCUT2D eigenvalue weighted by Gasteiger charge is 2.18. The van der Waals surface area contributed by atoms with Gasteiger partial charge in [-0.1, -0.05) is 30.3 Å². The molecule has 7 nitrogen and oxygen atoms in total. The molecule has 8 heteroatoms. The Morgan fingerprint density at radius 2 is 1.86 bits per heavy atom. The third kappa shape index (κ3) is 6.13. The standard InChI is InChI=1S/C21H25N3O4S/c25-20(22-15-16-6-2-1-3-7-16)10-5-13-23-29(27,28)18-11-12-19-17(14-18)8-4-9-21(26)24-19/h1-3,6-7,11-12,14,23H,4-5,8-10,13,15H2,(H,22,25)(H,24,26). The zero-order valence-corrected chi connectivity index (χ0v) is 16.9. The zero-order valence-electron chi connectivity index (χ0n) is 16.1. The van der Waals surface area contributed by atoms with Gasteiger partial charge in [0.15, 0.2) is 0 Å². The molecule has 0 fully saturated rings. The van der Waals surface area contributed by atoms with Crippen LogP contribution in [0.5, 0.6) is 0 Å². The topological polar surface area (TPSA) is 104 Å². The van der Waals surface area contributed by atoms with E-state index in [1.54, 1.807) is 12.1 Å². The van der Waals surface area contributed by atoms with Crippen molar-refractivity contribution in [2.45, 2.75) is 43.5 Å². The summed E-state index contributed by atoms with van der Waals surface area (Å²) in [5, 5.41) is 5.61. The lowest BCUT2D eigenvalue weighted by Gasteiger charge is -2.11. The zero-order chi connectivity index (χ0) is 20.7. The number of hydrogen-bond donors (Lipinski definition) is 3. The molecule has 0 bridgehead atoms. The first-order chi connectivity index (χ1) is 13.9. The van der Waals surface area contributed by atoms with Gasteiger partial charge in [0.2, 0.25) is 21.8 Å². The summed E-state index contributed by atoms with van der Waals surface area (Å²) >= 11 is 0. The number of carbonyl (C=O) groups excluding carboxylic acids is 2. The van der Waals surface area contributed by atoms with Crippen LogP contribution >= 0.6 is 0 Å². The van der Waals surface area contributed by atoms with E-state index in [1.165, 1.54) is 6.07 Å². The summed E-state index contributed by atoms with van der Waals surface area (Å²) in [6.07, 6.45) is 2.42. The molecule has 3 rings (SSSR count). The van der Waals surface area contributed by atoms with E-state index in [0.29, 0.717) is 37.9 Å². The van der Waals surface area contributed by atoms with Crippen LogP contribution in [0.4, 0.5) is 5.69 Å². The summed E-state index contributed by atoms with van der Waals surface area (Å²) in [4.78, 5) is 23.7. The van der Waals surface area contributed by atoms with Crippen molar-refractivity contribution in [2.24, 2.45) is 0 Å². The summed E-state index contributed by atoms with van der Waals surface area (Å²) in [5.74, 6) is -0.170. The van der Waals surface area contributed by atoms with Gasteiger partial charge < -0.3 is 10.6 Å². The summed E-state index contributed by atoms with van der Waals surface area (Å²) in [6, 6.07) is 14.3. The second-order valence-electron chi connectivity index (χ2n) is 6.98. The lowest BCUT2D eigenvalue weighted by Crippen LogP contribution is -2.27. The molecule has 29 heavy (non-hydrogen) atoms. The Morgan fingerprint density at radius 1 is 1.07 bits per heavy atom. The van der Waals surface area contributed by atoms with Crippen LogP contribution in [-0.4, -0.2) is 26.8 Å². The van der Waals surface area contributed by atoms with Crippen molar-refractivity contribution in [3.8, 4) is 0 Å². The van der Waals surface area contributed by atoms with Crippen LogP contribution in [0, 0.1) is 0 Å². The molecule has 2 aromatic rings. The number of aryl methyl sites for hydroxylation is 1. The molecule has 0 saturated heterocycles. The van der Waals surface area contributed by atoms with Gasteiger partial charge in [-0.3, -0.25) is 9.59 Å². The number of fused-ring (bicyclic) bond motifs is 1. The van der Waals surface area contributed by atoms with Crippen molar-refractivity contribution >= 4 is 27.5 Å². The van der Waals surface area contributed by atoms with Crippen molar-refractivity contribution in [3.63, 3.8) is 0 Å². The van der Waals surface area contributed by atoms with E-state index < -0.39 is 10.0 Å². The van der Waals surface area contributed by atoms with Gasteiger partial charge >= 0.3 is 0 Å². The first-order valence-corrected chi connectivity index (χ1v) is 11.2. The molecule has 0 aliphatic carbocycles. The van der Waals surface area contributed by atoms with Crippen molar-refractivity contribution in [1.82, 2.24) is 10.0 Å². The number of hydrogen-bond acceptors (Lipinski definition) is 4. The Hall–Kier alpha value is -2.71. The number of carbonyl (C=O) groups is 2. The van der Waals surface area contributed by atoms with E-state index >= 15 is 0 Å². The second kappa shape index (κ2) is 9.67. The number of amides is 2. The van der Waals surface area contributed by atoms with Gasteiger partial charge in [0.1, 0.15) is 0 Å². The van der Waals surface area contributed by atoms with Crippen LogP contribution in [0.25, 0.3) is 0 Å². The number of rotatable bonds is 8. The molecule has 0 atom stereocenters. The van der Waals surface area contributed by atoms with Gasteiger partial charge in [-0.05, 0) is 48.6 Å². The highest BCUT2D eigenvalue weighted by molar-refractivity contribution is 7.89. The molecule has 0 radical (unpaired) electrons. The quantitative estimate of drug-likeness (QED) is 0.576. The minimum atomic E-state index is -3.67. The second-order valence-corrected chi connectivity index (χ2v) is 8.75. The van der Waals surface area contributed by atoms with Gasteiger partial charge in [0.25, 0.3) is 0 Å². The normalized spacial score (nSPS) is 13.9. The fourth-order valence-electron chi connectivity index (χ4n) is 3.14. The molecule has 154 valence electrons. The fourth-order valence-corrected chi connectivity index (χ4v) is 4.27. The Bertz CT molecular complexity index is 975. The largest absolute Gasteiger partial charge is 0.352 e. The van der Waals surface area contributed by atoms with Gasteiger partial charge in [-0.15, -0.1) is 0 Å². The minimum Gasteiger partial charge on any atom is -0.352 e. The molecule has 0 aromatic heterocycles. The third-order valence-corrected chi connectivity index (χ3v) is 6.17. The van der Waals surface area contributed by atoms with Gasteiger partial charge in [0.05, 0.1) is 4.90 Å². The van der Waals surface area contributed by atoms with E-state index in [4.69, 9.17) is 0 Å². The highest BCUT2D eigenvalue weighted by atomic mass is 32.2. The van der Waals surface area contributed by atoms with Crippen LogP contribution in [0.3, 0.4) is 0 Å². The average molecular weight is 416 g/mol. The molecule has 1 heterocycles. The average Bonchev–Trinajstić information content (AvgIpc) is 2.90. The summed E-state index contributed by atoms with van der Waals surface area (Å²) in [5.41, 5.74) is 2.50. The van der Waals surface area contributed by atoms with Crippen LogP contribution in [0.2, 0.25) is 0 Å². The Labute approximate surface area is 171 Å². The Morgan fingerprint density at radius 3 is 2.66 bits per heavy atom. The van der Waals surface area contributed by atoms with Crippen molar-refractivity contribution in [3.05, 3.63) is 59.7 Å². The first-order valence-electron chi connectivity index (χ1n) is 9.67. The van der Waals surface area contributed by atoms with E-state index in [2.05, 4.69) is 15.4 Å². The first kappa shape index (κ1) is 21.0.